The summed E-state index contributed by atoms with van der Waals surface area (Å²) in [6, 6.07) is 0. The average Bonchev–Trinajstić information content (AvgIpc) is 3.44. The Balaban J connectivity index is 4.34. The Morgan fingerprint density at radius 1 is 0.370 bits per heavy atom. The first-order valence-corrected chi connectivity index (χ1v) is 30.9. The van der Waals surface area contributed by atoms with Crippen LogP contribution in [0.5, 0.6) is 0 Å². The van der Waals surface area contributed by atoms with E-state index in [0.717, 1.165) is 154 Å². The predicted octanol–water partition coefficient (Wildman–Crippen LogP) is 18.9. The van der Waals surface area contributed by atoms with Crippen LogP contribution in [-0.2, 0) is 33.3 Å². The molecule has 0 aliphatic rings. The van der Waals surface area contributed by atoms with Crippen molar-refractivity contribution in [3.05, 3.63) is 182 Å². The Hall–Kier alpha value is -5.61. The van der Waals surface area contributed by atoms with Crippen LogP contribution in [0.1, 0.15) is 194 Å². The van der Waals surface area contributed by atoms with E-state index in [9.17, 15) is 19.5 Å². The number of aliphatic carboxylic acids is 1. The van der Waals surface area contributed by atoms with Crippen molar-refractivity contribution in [2.24, 2.45) is 0 Å². The Morgan fingerprint density at radius 2 is 0.667 bits per heavy atom. The van der Waals surface area contributed by atoms with Gasteiger partial charge < -0.3 is 28.5 Å². The minimum Gasteiger partial charge on any atom is -0.477 e. The number of rotatable bonds is 54. The van der Waals surface area contributed by atoms with Crippen molar-refractivity contribution in [3.63, 3.8) is 0 Å². The van der Waals surface area contributed by atoms with Gasteiger partial charge in [0.1, 0.15) is 13.2 Å². The molecule has 0 bridgehead atoms. The van der Waals surface area contributed by atoms with Gasteiger partial charge in [-0.15, -0.1) is 0 Å². The molecule has 0 aliphatic heterocycles. The number of hydrogen-bond donors (Lipinski definition) is 1. The molecule has 2 atom stereocenters. The zero-order valence-electron chi connectivity index (χ0n) is 51.4. The van der Waals surface area contributed by atoms with Gasteiger partial charge in [-0.3, -0.25) is 9.59 Å². The molecule has 0 saturated carbocycles. The molecule has 0 radical (unpaired) electrons. The van der Waals surface area contributed by atoms with Crippen molar-refractivity contribution < 1.29 is 42.9 Å². The van der Waals surface area contributed by atoms with Crippen LogP contribution < -0.4 is 0 Å². The van der Waals surface area contributed by atoms with Crippen molar-refractivity contribution >= 4 is 17.9 Å². The number of carbonyl (C=O) groups is 3. The van der Waals surface area contributed by atoms with Gasteiger partial charge in [0, 0.05) is 12.8 Å². The lowest BCUT2D eigenvalue weighted by Crippen LogP contribution is -2.40. The van der Waals surface area contributed by atoms with Gasteiger partial charge in [-0.25, -0.2) is 4.79 Å². The lowest BCUT2D eigenvalue weighted by molar-refractivity contribution is -0.870. The molecular formula is C72H112NO8+. The molecule has 0 aromatic carbocycles. The maximum atomic E-state index is 12.9. The van der Waals surface area contributed by atoms with E-state index in [1.54, 1.807) is 0 Å². The molecule has 1 N–H and O–H groups in total. The number of quaternary nitrogens is 1. The average molecular weight is 1120 g/mol. The fourth-order valence-electron chi connectivity index (χ4n) is 7.48. The van der Waals surface area contributed by atoms with Crippen molar-refractivity contribution in [3.8, 4) is 0 Å². The number of ether oxygens (including phenoxy) is 4. The zero-order chi connectivity index (χ0) is 59.1. The van der Waals surface area contributed by atoms with E-state index in [4.69, 9.17) is 18.9 Å². The summed E-state index contributed by atoms with van der Waals surface area (Å²) in [5.41, 5.74) is 0. The van der Waals surface area contributed by atoms with E-state index in [-0.39, 0.29) is 38.6 Å². The summed E-state index contributed by atoms with van der Waals surface area (Å²) in [6.07, 6.45) is 89.8. The third-order valence-corrected chi connectivity index (χ3v) is 12.2. The largest absolute Gasteiger partial charge is 0.477 e. The van der Waals surface area contributed by atoms with Crippen molar-refractivity contribution in [1.82, 2.24) is 0 Å². The molecule has 0 aromatic heterocycles. The number of carbonyl (C=O) groups excluding carboxylic acids is 2. The lowest BCUT2D eigenvalue weighted by atomic mass is 10.1. The summed E-state index contributed by atoms with van der Waals surface area (Å²) in [4.78, 5) is 37.5. The number of nitrogens with zero attached hydrogens (tertiary/aromatic N) is 1. The minimum absolute atomic E-state index is 0.167. The topological polar surface area (TPSA) is 108 Å². The van der Waals surface area contributed by atoms with E-state index >= 15 is 0 Å². The van der Waals surface area contributed by atoms with Crippen LogP contribution in [0.3, 0.4) is 0 Å². The molecule has 0 saturated heterocycles. The van der Waals surface area contributed by atoms with E-state index in [2.05, 4.69) is 196 Å². The molecule has 0 aliphatic carbocycles. The third kappa shape index (κ3) is 61.9. The fourth-order valence-corrected chi connectivity index (χ4v) is 7.48. The van der Waals surface area contributed by atoms with E-state index < -0.39 is 24.3 Å². The van der Waals surface area contributed by atoms with Gasteiger partial charge >= 0.3 is 17.9 Å². The van der Waals surface area contributed by atoms with Gasteiger partial charge in [0.05, 0.1) is 34.4 Å². The zero-order valence-corrected chi connectivity index (χ0v) is 51.4. The van der Waals surface area contributed by atoms with Crippen molar-refractivity contribution in [1.29, 1.82) is 0 Å². The SMILES string of the molecule is CC/C=C\C/C=C\C/C=C\C/C=C\C/C=C\C/C=C\C/C=C\C/C=C\C/C=C\C/C=C\C/C=C\CCCCCC(=O)OC(COC(=O)CCCCCCCC/C=C\C/C=C\C/C=C\C/C=C\CC)COC(OCC[N+](C)(C)C)C(=O)O. The van der Waals surface area contributed by atoms with Gasteiger partial charge in [0.15, 0.2) is 6.10 Å². The first-order valence-electron chi connectivity index (χ1n) is 30.9. The summed E-state index contributed by atoms with van der Waals surface area (Å²) in [6.45, 7) is 4.56. The first-order chi connectivity index (χ1) is 39.6. The summed E-state index contributed by atoms with van der Waals surface area (Å²) in [5.74, 6) is -2.10. The van der Waals surface area contributed by atoms with Crippen LogP contribution in [0.25, 0.3) is 0 Å². The number of carboxylic acid groups (broad SMARTS) is 1. The van der Waals surface area contributed by atoms with Gasteiger partial charge in [0.25, 0.3) is 6.29 Å². The molecule has 0 fully saturated rings. The van der Waals surface area contributed by atoms with E-state index in [1.807, 2.05) is 21.1 Å². The summed E-state index contributed by atoms with van der Waals surface area (Å²) >= 11 is 0. The Morgan fingerprint density at radius 3 is 1.00 bits per heavy atom. The summed E-state index contributed by atoms with van der Waals surface area (Å²) in [7, 11) is 5.93. The highest BCUT2D eigenvalue weighted by Crippen LogP contribution is 2.12. The van der Waals surface area contributed by atoms with Crippen LogP contribution >= 0.6 is 0 Å². The van der Waals surface area contributed by atoms with E-state index in [1.165, 1.54) is 0 Å². The van der Waals surface area contributed by atoms with Crippen LogP contribution in [0, 0.1) is 0 Å². The van der Waals surface area contributed by atoms with Crippen LogP contribution in [0.2, 0.25) is 0 Å². The highest BCUT2D eigenvalue weighted by Gasteiger charge is 2.25. The van der Waals surface area contributed by atoms with Crippen molar-refractivity contribution in [2.45, 2.75) is 206 Å². The van der Waals surface area contributed by atoms with Crippen LogP contribution in [0.4, 0.5) is 0 Å². The molecule has 81 heavy (non-hydrogen) atoms. The number of likely N-dealkylation sites (N-methyl/N-ethyl adjacent to an activating group) is 1. The maximum Gasteiger partial charge on any atom is 0.361 e. The third-order valence-electron chi connectivity index (χ3n) is 12.2. The minimum atomic E-state index is -1.54. The molecule has 0 rings (SSSR count). The predicted molar refractivity (Wildman–Crippen MR) is 345 cm³/mol. The maximum absolute atomic E-state index is 12.9. The molecule has 452 valence electrons. The smallest absolute Gasteiger partial charge is 0.361 e. The molecule has 0 amide bonds. The molecule has 0 aromatic rings. The summed E-state index contributed by atoms with van der Waals surface area (Å²) < 4.78 is 22.8. The number of carboxylic acids is 1. The molecule has 2 unspecified atom stereocenters. The molecule has 9 nitrogen and oxygen atoms in total. The van der Waals surface area contributed by atoms with Gasteiger partial charge in [-0.05, 0) is 135 Å². The molecule has 9 heteroatoms. The number of hydrogen-bond acceptors (Lipinski definition) is 7. The second kappa shape index (κ2) is 60.5. The Labute approximate surface area is 494 Å². The number of unbranched alkanes of at least 4 members (excludes halogenated alkanes) is 9. The molecular weight excluding hydrogens is 1010 g/mol. The quantitative estimate of drug-likeness (QED) is 0.0211. The highest BCUT2D eigenvalue weighted by atomic mass is 16.7. The van der Waals surface area contributed by atoms with Gasteiger partial charge in [-0.2, -0.15) is 0 Å². The Bertz CT molecular complexity index is 1980. The second-order valence-corrected chi connectivity index (χ2v) is 20.9. The normalized spacial score (nSPS) is 14.0. The lowest BCUT2D eigenvalue weighted by Gasteiger charge is -2.25. The number of allylic oxidation sites excluding steroid dienone is 30. The number of esters is 2. The summed E-state index contributed by atoms with van der Waals surface area (Å²) in [5, 5.41) is 9.71. The molecule has 0 heterocycles. The standard InChI is InChI=1S/C72H111NO8/c1-6-8-10-12-14-16-18-20-22-24-26-27-28-29-30-31-32-33-34-35-36-37-38-39-40-41-42-43-45-47-49-51-53-55-57-59-61-63-70(75)81-68(67-80-72(71(76)77)78-65-64-73(3,4)5)66-79-69(74)62-60-58-56-54-52-50-48-46-44-25-23-21-19-17-15-13-11-9-7-2/h8-11,14-17,20-23,26-27,29-30,32-33,35-36,38-39,41-42,44-47,51,53,68,72H,6-7,12-13,18-19,24-25,28,31,34,37,40,43,48-50,52,54-67H2,1-5H3/p+1/b10-8-,11-9-,16-14-,17-15-,22-20-,23-21-,27-26-,30-29-,33-32-,36-35-,39-38-,42-41-,46-44-,47-45-,53-51-. The second-order valence-electron chi connectivity index (χ2n) is 20.9. The van der Waals surface area contributed by atoms with Gasteiger partial charge in [0.2, 0.25) is 0 Å². The first kappa shape index (κ1) is 75.4. The highest BCUT2D eigenvalue weighted by molar-refractivity contribution is 5.71. The fraction of sp³-hybridized carbons (Fsp3) is 0.542. The Kier molecular flexibility index (Phi) is 56.3. The van der Waals surface area contributed by atoms with Gasteiger partial charge in [-0.1, -0.05) is 228 Å². The van der Waals surface area contributed by atoms with E-state index in [0.29, 0.717) is 23.9 Å². The molecule has 0 spiro atoms. The van der Waals surface area contributed by atoms with Crippen molar-refractivity contribution in [2.75, 3.05) is 47.5 Å². The van der Waals surface area contributed by atoms with Crippen LogP contribution in [0.15, 0.2) is 182 Å². The van der Waals surface area contributed by atoms with Crippen LogP contribution in [-0.4, -0.2) is 87.4 Å². The monoisotopic (exact) mass is 1120 g/mol.